The van der Waals surface area contributed by atoms with E-state index in [0.29, 0.717) is 23.0 Å². The van der Waals surface area contributed by atoms with E-state index in [1.54, 1.807) is 6.20 Å². The predicted octanol–water partition coefficient (Wildman–Crippen LogP) is 3.80. The molecule has 1 aliphatic rings. The van der Waals surface area contributed by atoms with Crippen molar-refractivity contribution < 1.29 is 13.2 Å². The molecule has 0 atom stereocenters. The number of nitrogens with zero attached hydrogens (tertiary/aromatic N) is 4. The summed E-state index contributed by atoms with van der Waals surface area (Å²) in [6.07, 6.45) is 3.62. The zero-order valence-electron chi connectivity index (χ0n) is 15.4. The molecule has 0 aromatic carbocycles. The first-order chi connectivity index (χ1) is 13.3. The van der Waals surface area contributed by atoms with Crippen LogP contribution in [0, 0.1) is 6.92 Å². The topological polar surface area (TPSA) is 81.1 Å². The fraction of sp³-hybridized carbons (Fsp3) is 0.421. The van der Waals surface area contributed by atoms with Gasteiger partial charge in [0.2, 0.25) is 5.95 Å². The quantitative estimate of drug-likeness (QED) is 0.711. The maximum atomic E-state index is 13.1. The Morgan fingerprint density at radius 1 is 1.11 bits per heavy atom. The van der Waals surface area contributed by atoms with Gasteiger partial charge in [-0.1, -0.05) is 0 Å². The fourth-order valence-corrected chi connectivity index (χ4v) is 3.54. The second-order valence-corrected chi connectivity index (χ2v) is 7.27. The van der Waals surface area contributed by atoms with Gasteiger partial charge in [-0.2, -0.15) is 13.2 Å². The first-order valence-corrected chi connectivity index (χ1v) is 9.21. The molecule has 148 valence electrons. The van der Waals surface area contributed by atoms with Gasteiger partial charge in [-0.05, 0) is 50.3 Å². The highest BCUT2D eigenvalue weighted by Gasteiger charge is 2.31. The molecule has 4 rings (SSSR count). The van der Waals surface area contributed by atoms with Gasteiger partial charge in [0, 0.05) is 24.5 Å². The number of hydrogen-bond donors (Lipinski definition) is 2. The lowest BCUT2D eigenvalue weighted by Gasteiger charge is -2.26. The Labute approximate surface area is 160 Å². The molecule has 1 saturated carbocycles. The summed E-state index contributed by atoms with van der Waals surface area (Å²) in [6.45, 7) is 1.83. The molecule has 1 fully saturated rings. The van der Waals surface area contributed by atoms with Gasteiger partial charge in [-0.3, -0.25) is 4.40 Å². The van der Waals surface area contributed by atoms with Crippen LogP contribution in [0.5, 0.6) is 0 Å². The fourth-order valence-electron chi connectivity index (χ4n) is 3.54. The molecule has 3 N–H and O–H groups in total. The molecule has 28 heavy (non-hydrogen) atoms. The Bertz CT molecular complexity index is 989. The molecule has 9 heteroatoms. The summed E-state index contributed by atoms with van der Waals surface area (Å²) >= 11 is 0. The lowest BCUT2D eigenvalue weighted by Crippen LogP contribution is -2.33. The van der Waals surface area contributed by atoms with E-state index in [-0.39, 0.29) is 12.1 Å². The summed E-state index contributed by atoms with van der Waals surface area (Å²) in [7, 11) is 0. The number of halogens is 3. The minimum absolute atomic E-state index is 0.244. The summed E-state index contributed by atoms with van der Waals surface area (Å²) in [5.41, 5.74) is 7.45. The molecule has 6 nitrogen and oxygen atoms in total. The number of alkyl halides is 3. The average molecular weight is 390 g/mol. The lowest BCUT2D eigenvalue weighted by atomic mass is 9.92. The molecule has 0 aliphatic heterocycles. The van der Waals surface area contributed by atoms with E-state index in [0.717, 1.165) is 43.5 Å². The van der Waals surface area contributed by atoms with E-state index < -0.39 is 11.7 Å². The summed E-state index contributed by atoms with van der Waals surface area (Å²) in [5, 5.41) is 3.33. The Kier molecular flexibility index (Phi) is 4.70. The Hall–Kier alpha value is -2.68. The number of nitrogens with two attached hydrogens (primary N) is 1. The third-order valence-corrected chi connectivity index (χ3v) is 5.15. The zero-order chi connectivity index (χ0) is 19.9. The van der Waals surface area contributed by atoms with Crippen LogP contribution in [0.2, 0.25) is 0 Å². The van der Waals surface area contributed by atoms with Crippen molar-refractivity contribution in [2.75, 3.05) is 5.32 Å². The van der Waals surface area contributed by atoms with Gasteiger partial charge in [-0.25, -0.2) is 15.0 Å². The maximum absolute atomic E-state index is 13.1. The van der Waals surface area contributed by atoms with Gasteiger partial charge < -0.3 is 11.1 Å². The number of pyridine rings is 1. The van der Waals surface area contributed by atoms with Crippen LogP contribution in [0.15, 0.2) is 30.7 Å². The molecule has 3 aromatic rings. The van der Waals surface area contributed by atoms with Crippen LogP contribution in [0.4, 0.5) is 19.1 Å². The molecule has 3 aromatic heterocycles. The first-order valence-electron chi connectivity index (χ1n) is 9.21. The Balaban J connectivity index is 1.69. The molecule has 0 unspecified atom stereocenters. The SMILES string of the molecule is Cc1cnc(NC2CCC(N)CC2)nc1-c1cnc2ccc(C(F)(F)F)cn12. The van der Waals surface area contributed by atoms with Crippen LogP contribution in [0.1, 0.15) is 36.8 Å². The number of anilines is 1. The number of imidazole rings is 1. The van der Waals surface area contributed by atoms with Gasteiger partial charge in [-0.15, -0.1) is 0 Å². The number of hydrogen-bond acceptors (Lipinski definition) is 5. The third-order valence-electron chi connectivity index (χ3n) is 5.15. The van der Waals surface area contributed by atoms with Crippen molar-refractivity contribution in [1.82, 2.24) is 19.4 Å². The number of nitrogens with one attached hydrogen (secondary N) is 1. The molecule has 0 spiro atoms. The third kappa shape index (κ3) is 3.66. The predicted molar refractivity (Wildman–Crippen MR) is 99.8 cm³/mol. The summed E-state index contributed by atoms with van der Waals surface area (Å²) < 4.78 is 40.7. The Morgan fingerprint density at radius 3 is 2.57 bits per heavy atom. The van der Waals surface area contributed by atoms with E-state index in [9.17, 15) is 13.2 Å². The summed E-state index contributed by atoms with van der Waals surface area (Å²) in [6, 6.07) is 2.87. The van der Waals surface area contributed by atoms with E-state index in [4.69, 9.17) is 5.73 Å². The highest BCUT2D eigenvalue weighted by Crippen LogP contribution is 2.31. The van der Waals surface area contributed by atoms with E-state index in [1.807, 2.05) is 6.92 Å². The van der Waals surface area contributed by atoms with Gasteiger partial charge in [0.25, 0.3) is 0 Å². The second kappa shape index (κ2) is 7.05. The van der Waals surface area contributed by atoms with E-state index in [2.05, 4.69) is 20.3 Å². The van der Waals surface area contributed by atoms with Gasteiger partial charge in [0.05, 0.1) is 23.1 Å². The molecule has 0 amide bonds. The van der Waals surface area contributed by atoms with Crippen LogP contribution in [-0.4, -0.2) is 31.4 Å². The van der Waals surface area contributed by atoms with Crippen LogP contribution in [-0.2, 0) is 6.18 Å². The molecule has 0 bridgehead atoms. The summed E-state index contributed by atoms with van der Waals surface area (Å²) in [5.74, 6) is 0.461. The molecule has 1 aliphatic carbocycles. The lowest BCUT2D eigenvalue weighted by molar-refractivity contribution is -0.137. The van der Waals surface area contributed by atoms with Crippen molar-refractivity contribution in [3.63, 3.8) is 0 Å². The zero-order valence-corrected chi connectivity index (χ0v) is 15.4. The van der Waals surface area contributed by atoms with Crippen molar-refractivity contribution >= 4 is 11.6 Å². The summed E-state index contributed by atoms with van der Waals surface area (Å²) in [4.78, 5) is 13.1. The largest absolute Gasteiger partial charge is 0.417 e. The number of aromatic nitrogens is 4. The van der Waals surface area contributed by atoms with Crippen LogP contribution >= 0.6 is 0 Å². The van der Waals surface area contributed by atoms with Crippen molar-refractivity contribution in [2.45, 2.75) is 50.9 Å². The minimum atomic E-state index is -4.43. The number of fused-ring (bicyclic) bond motifs is 1. The first kappa shape index (κ1) is 18.7. The van der Waals surface area contributed by atoms with Gasteiger partial charge >= 0.3 is 6.18 Å². The van der Waals surface area contributed by atoms with Gasteiger partial charge in [0.1, 0.15) is 5.65 Å². The van der Waals surface area contributed by atoms with Crippen LogP contribution < -0.4 is 11.1 Å². The van der Waals surface area contributed by atoms with Crippen molar-refractivity contribution in [1.29, 1.82) is 0 Å². The normalized spacial score (nSPS) is 20.5. The highest BCUT2D eigenvalue weighted by molar-refractivity contribution is 5.64. The molecule has 0 radical (unpaired) electrons. The van der Waals surface area contributed by atoms with Crippen molar-refractivity contribution in [3.05, 3.63) is 41.9 Å². The van der Waals surface area contributed by atoms with E-state index >= 15 is 0 Å². The van der Waals surface area contributed by atoms with Crippen LogP contribution in [0.25, 0.3) is 17.0 Å². The van der Waals surface area contributed by atoms with Crippen molar-refractivity contribution in [2.24, 2.45) is 5.73 Å². The Morgan fingerprint density at radius 2 is 1.86 bits per heavy atom. The molecule has 0 saturated heterocycles. The van der Waals surface area contributed by atoms with Crippen molar-refractivity contribution in [3.8, 4) is 11.4 Å². The standard InChI is InChI=1S/C19H21F3N6/c1-11-8-25-18(26-14-5-3-13(23)4-6-14)27-17(11)15-9-24-16-7-2-12(10-28(15)16)19(20,21)22/h2,7-10,13-14H,3-6,23H2,1H3,(H,25,26,27). The number of rotatable bonds is 3. The minimum Gasteiger partial charge on any atom is -0.351 e. The number of aryl methyl sites for hydroxylation is 1. The second-order valence-electron chi connectivity index (χ2n) is 7.27. The van der Waals surface area contributed by atoms with E-state index in [1.165, 1.54) is 16.7 Å². The molecular formula is C19H21F3N6. The maximum Gasteiger partial charge on any atom is 0.417 e. The average Bonchev–Trinajstić information content (AvgIpc) is 3.07. The molecular weight excluding hydrogens is 369 g/mol. The monoisotopic (exact) mass is 390 g/mol. The van der Waals surface area contributed by atoms with Crippen LogP contribution in [0.3, 0.4) is 0 Å². The smallest absolute Gasteiger partial charge is 0.351 e. The van der Waals surface area contributed by atoms with Gasteiger partial charge in [0.15, 0.2) is 0 Å². The highest BCUT2D eigenvalue weighted by atomic mass is 19.4. The molecule has 3 heterocycles.